The molecule has 1 amide bonds. The summed E-state index contributed by atoms with van der Waals surface area (Å²) in [5, 5.41) is 3.93. The Hall–Kier alpha value is -2.28. The summed E-state index contributed by atoms with van der Waals surface area (Å²) < 4.78 is 10.9. The van der Waals surface area contributed by atoms with Crippen molar-refractivity contribution in [3.05, 3.63) is 30.4 Å². The first-order chi connectivity index (χ1) is 11.1. The maximum absolute atomic E-state index is 12.3. The first kappa shape index (κ1) is 15.6. The molecule has 0 unspecified atom stereocenters. The summed E-state index contributed by atoms with van der Waals surface area (Å²) in [4.78, 5) is 22.5. The lowest BCUT2D eigenvalue weighted by Gasteiger charge is -2.35. The van der Waals surface area contributed by atoms with Crippen molar-refractivity contribution in [3.8, 4) is 11.4 Å². The lowest BCUT2D eigenvalue weighted by atomic mass is 10.2. The molecule has 0 bridgehead atoms. The van der Waals surface area contributed by atoms with Crippen molar-refractivity contribution < 1.29 is 14.1 Å². The van der Waals surface area contributed by atoms with Gasteiger partial charge in [-0.05, 0) is 26.0 Å². The molecule has 1 aliphatic rings. The van der Waals surface area contributed by atoms with Crippen molar-refractivity contribution in [2.75, 3.05) is 13.1 Å². The second-order valence-electron chi connectivity index (χ2n) is 5.81. The van der Waals surface area contributed by atoms with E-state index in [1.165, 1.54) is 0 Å². The predicted molar refractivity (Wildman–Crippen MR) is 82.4 cm³/mol. The molecule has 3 rings (SSSR count). The molecular weight excluding hydrogens is 296 g/mol. The lowest BCUT2D eigenvalue weighted by molar-refractivity contribution is -0.143. The molecule has 122 valence electrons. The van der Waals surface area contributed by atoms with Crippen molar-refractivity contribution in [3.63, 3.8) is 0 Å². The second kappa shape index (κ2) is 6.87. The van der Waals surface area contributed by atoms with Gasteiger partial charge in [0, 0.05) is 43.9 Å². The van der Waals surface area contributed by atoms with Crippen LogP contribution in [0, 0.1) is 0 Å². The molecule has 0 N–H and O–H groups in total. The molecular formula is C16H20N4O3. The van der Waals surface area contributed by atoms with Gasteiger partial charge in [-0.2, -0.15) is 4.98 Å². The summed E-state index contributed by atoms with van der Waals surface area (Å²) in [5.74, 6) is 1.05. The summed E-state index contributed by atoms with van der Waals surface area (Å²) >= 11 is 0. The molecule has 7 heteroatoms. The Kier molecular flexibility index (Phi) is 4.66. The van der Waals surface area contributed by atoms with Crippen LogP contribution in [0.5, 0.6) is 0 Å². The first-order valence-electron chi connectivity index (χ1n) is 7.78. The molecule has 0 aromatic carbocycles. The fourth-order valence-electron chi connectivity index (χ4n) is 2.72. The van der Waals surface area contributed by atoms with Gasteiger partial charge in [-0.25, -0.2) is 0 Å². The quantitative estimate of drug-likeness (QED) is 0.854. The van der Waals surface area contributed by atoms with Gasteiger partial charge in [-0.3, -0.25) is 9.78 Å². The zero-order chi connectivity index (χ0) is 16.2. The number of nitrogens with zero attached hydrogens (tertiary/aromatic N) is 4. The van der Waals surface area contributed by atoms with Crippen LogP contribution in [0.15, 0.2) is 29.0 Å². The number of hydrogen-bond donors (Lipinski definition) is 0. The summed E-state index contributed by atoms with van der Waals surface area (Å²) in [6.45, 7) is 5.23. The number of pyridine rings is 1. The summed E-state index contributed by atoms with van der Waals surface area (Å²) in [6, 6.07) is 3.68. The number of ether oxygens (including phenoxy) is 1. The number of hydrogen-bond acceptors (Lipinski definition) is 6. The van der Waals surface area contributed by atoms with E-state index in [0.29, 0.717) is 37.6 Å². The van der Waals surface area contributed by atoms with Crippen LogP contribution in [0.3, 0.4) is 0 Å². The molecule has 2 aromatic heterocycles. The van der Waals surface area contributed by atoms with Crippen LogP contribution in [0.25, 0.3) is 11.4 Å². The third kappa shape index (κ3) is 3.92. The van der Waals surface area contributed by atoms with E-state index in [9.17, 15) is 4.79 Å². The number of carbonyl (C=O) groups is 1. The smallest absolute Gasteiger partial charge is 0.227 e. The molecule has 0 radical (unpaired) electrons. The fraction of sp³-hybridized carbons (Fsp3) is 0.500. The van der Waals surface area contributed by atoms with E-state index in [1.807, 2.05) is 30.9 Å². The molecule has 23 heavy (non-hydrogen) atoms. The largest absolute Gasteiger partial charge is 0.372 e. The van der Waals surface area contributed by atoms with Gasteiger partial charge < -0.3 is 14.2 Å². The molecule has 1 fully saturated rings. The minimum Gasteiger partial charge on any atom is -0.372 e. The van der Waals surface area contributed by atoms with Crippen LogP contribution < -0.4 is 0 Å². The normalized spacial score (nSPS) is 21.4. The maximum Gasteiger partial charge on any atom is 0.227 e. The van der Waals surface area contributed by atoms with E-state index in [1.54, 1.807) is 12.4 Å². The predicted octanol–water partition coefficient (Wildman–Crippen LogP) is 1.70. The number of carbonyl (C=O) groups excluding carboxylic acids is 1. The van der Waals surface area contributed by atoms with Crippen molar-refractivity contribution in [1.29, 1.82) is 0 Å². The molecule has 0 saturated carbocycles. The lowest BCUT2D eigenvalue weighted by Crippen LogP contribution is -2.48. The van der Waals surface area contributed by atoms with Crippen molar-refractivity contribution in [1.82, 2.24) is 20.0 Å². The Morgan fingerprint density at radius 2 is 2.13 bits per heavy atom. The Bertz CT molecular complexity index is 648. The van der Waals surface area contributed by atoms with Crippen LogP contribution in [0.1, 0.15) is 26.2 Å². The highest BCUT2D eigenvalue weighted by atomic mass is 16.5. The van der Waals surface area contributed by atoms with E-state index in [4.69, 9.17) is 9.26 Å². The van der Waals surface area contributed by atoms with Crippen LogP contribution in [0.4, 0.5) is 0 Å². The number of rotatable bonds is 4. The van der Waals surface area contributed by atoms with Gasteiger partial charge in [0.2, 0.25) is 17.6 Å². The summed E-state index contributed by atoms with van der Waals surface area (Å²) in [7, 11) is 0. The van der Waals surface area contributed by atoms with Crippen molar-refractivity contribution in [2.24, 2.45) is 0 Å². The Labute approximate surface area is 134 Å². The number of aromatic nitrogens is 3. The third-order valence-electron chi connectivity index (χ3n) is 3.71. The molecule has 1 aliphatic heterocycles. The zero-order valence-electron chi connectivity index (χ0n) is 13.3. The molecule has 7 nitrogen and oxygen atoms in total. The van der Waals surface area contributed by atoms with Crippen LogP contribution in [0.2, 0.25) is 0 Å². The third-order valence-corrected chi connectivity index (χ3v) is 3.71. The highest BCUT2D eigenvalue weighted by Gasteiger charge is 2.25. The molecule has 0 spiro atoms. The Morgan fingerprint density at radius 1 is 1.35 bits per heavy atom. The standard InChI is InChI=1S/C16H20N4O3/c1-11-9-20(10-12(2)22-11)15(21)6-5-14-18-16(19-23-14)13-4-3-7-17-8-13/h3-4,7-8,11-12H,5-6,9-10H2,1-2H3/t11-,12-/m1/s1. The number of amides is 1. The molecule has 0 aliphatic carbocycles. The van der Waals surface area contributed by atoms with Gasteiger partial charge >= 0.3 is 0 Å². The van der Waals surface area contributed by atoms with E-state index in [2.05, 4.69) is 15.1 Å². The molecule has 2 atom stereocenters. The Morgan fingerprint density at radius 3 is 2.83 bits per heavy atom. The van der Waals surface area contributed by atoms with Gasteiger partial charge in [0.15, 0.2) is 0 Å². The van der Waals surface area contributed by atoms with Gasteiger partial charge in [-0.15, -0.1) is 0 Å². The minimum absolute atomic E-state index is 0.0725. The Balaban J connectivity index is 1.56. The second-order valence-corrected chi connectivity index (χ2v) is 5.81. The van der Waals surface area contributed by atoms with E-state index in [0.717, 1.165) is 5.56 Å². The molecule has 2 aromatic rings. The molecule has 3 heterocycles. The van der Waals surface area contributed by atoms with Crippen molar-refractivity contribution >= 4 is 5.91 Å². The SMILES string of the molecule is C[C@@H]1CN(C(=O)CCc2nc(-c3cccnc3)no2)C[C@@H](C)O1. The number of morpholine rings is 1. The van der Waals surface area contributed by atoms with E-state index in [-0.39, 0.29) is 18.1 Å². The van der Waals surface area contributed by atoms with Crippen LogP contribution in [-0.2, 0) is 16.0 Å². The zero-order valence-corrected chi connectivity index (χ0v) is 13.3. The molecule has 1 saturated heterocycles. The van der Waals surface area contributed by atoms with Crippen molar-refractivity contribution in [2.45, 2.75) is 38.9 Å². The van der Waals surface area contributed by atoms with Gasteiger partial charge in [0.05, 0.1) is 12.2 Å². The minimum atomic E-state index is 0.0725. The van der Waals surface area contributed by atoms with Gasteiger partial charge in [-0.1, -0.05) is 5.16 Å². The van der Waals surface area contributed by atoms with E-state index < -0.39 is 0 Å². The maximum atomic E-state index is 12.3. The number of aryl methyl sites for hydroxylation is 1. The average Bonchev–Trinajstić information content (AvgIpc) is 3.01. The fourth-order valence-corrected chi connectivity index (χ4v) is 2.72. The van der Waals surface area contributed by atoms with Crippen LogP contribution >= 0.6 is 0 Å². The summed E-state index contributed by atoms with van der Waals surface area (Å²) in [6.07, 6.45) is 4.30. The van der Waals surface area contributed by atoms with Crippen LogP contribution in [-0.4, -0.2) is 51.2 Å². The first-order valence-corrected chi connectivity index (χ1v) is 7.78. The topological polar surface area (TPSA) is 81.4 Å². The summed E-state index contributed by atoms with van der Waals surface area (Å²) in [5.41, 5.74) is 0.796. The highest BCUT2D eigenvalue weighted by Crippen LogP contribution is 2.16. The monoisotopic (exact) mass is 316 g/mol. The van der Waals surface area contributed by atoms with E-state index >= 15 is 0 Å². The average molecular weight is 316 g/mol. The van der Waals surface area contributed by atoms with Gasteiger partial charge in [0.1, 0.15) is 0 Å². The highest BCUT2D eigenvalue weighted by molar-refractivity contribution is 5.76. The van der Waals surface area contributed by atoms with Gasteiger partial charge in [0.25, 0.3) is 0 Å².